The molecule has 20 N–H and O–H groups in total. The van der Waals surface area contributed by atoms with Gasteiger partial charge in [0.1, 0.15) is 53.8 Å². The number of amides is 7. The van der Waals surface area contributed by atoms with Gasteiger partial charge >= 0.3 is 5.97 Å². The first-order valence-corrected chi connectivity index (χ1v) is 26.9. The summed E-state index contributed by atoms with van der Waals surface area (Å²) >= 11 is 0. The van der Waals surface area contributed by atoms with Crippen LogP contribution in [-0.2, 0) is 76.9 Å². The lowest BCUT2D eigenvalue weighted by molar-refractivity contribution is -0.142. The van der Waals surface area contributed by atoms with Gasteiger partial charge in [-0.3, -0.25) is 33.6 Å². The Morgan fingerprint density at radius 1 is 0.398 bits per heavy atom. The Balaban J connectivity index is 1.25. The molecule has 4 aromatic heterocycles. The van der Waals surface area contributed by atoms with Crippen LogP contribution in [0.3, 0.4) is 0 Å². The maximum absolute atomic E-state index is 14.8. The van der Waals surface area contributed by atoms with Crippen LogP contribution in [0.1, 0.15) is 72.4 Å². The Kier molecular flexibility index (Phi) is 24.2. The Morgan fingerprint density at radius 2 is 0.687 bits per heavy atom. The number of carboxylic acids is 1. The molecule has 0 aliphatic carbocycles. The number of unbranched alkanes of at least 4 members (excludes halogenated alkanes) is 2. The van der Waals surface area contributed by atoms with Crippen molar-refractivity contribution < 1.29 is 53.7 Å². The second-order valence-electron chi connectivity index (χ2n) is 19.8. The molecule has 6 rings (SSSR count). The largest absolute Gasteiger partial charge is 0.508 e. The maximum atomic E-state index is 14.8. The minimum Gasteiger partial charge on any atom is -0.508 e. The van der Waals surface area contributed by atoms with Crippen LogP contribution in [0.15, 0.2) is 98.6 Å². The minimum atomic E-state index is -1.48. The summed E-state index contributed by atoms with van der Waals surface area (Å²) < 4.78 is 0. The highest BCUT2D eigenvalue weighted by atomic mass is 16.4. The van der Waals surface area contributed by atoms with E-state index in [0.29, 0.717) is 59.6 Å². The van der Waals surface area contributed by atoms with Crippen molar-refractivity contribution in [3.05, 3.63) is 133 Å². The molecule has 0 saturated heterocycles. The zero-order chi connectivity index (χ0) is 59.7. The molecule has 6 aromatic rings. The summed E-state index contributed by atoms with van der Waals surface area (Å²) in [4.78, 5) is 140. The van der Waals surface area contributed by atoms with Gasteiger partial charge in [-0.05, 0) is 87.0 Å². The van der Waals surface area contributed by atoms with Crippen LogP contribution < -0.4 is 54.4 Å². The Hall–Kier alpha value is -9.48. The van der Waals surface area contributed by atoms with E-state index in [2.05, 4.69) is 77.1 Å². The molecular weight excluding hydrogens is 1080 g/mol. The van der Waals surface area contributed by atoms with Crippen molar-refractivity contribution in [2.24, 2.45) is 17.2 Å². The molecule has 2 aromatic carbocycles. The number of rotatable bonds is 35. The van der Waals surface area contributed by atoms with E-state index >= 15 is 0 Å². The molecule has 0 fully saturated rings. The van der Waals surface area contributed by atoms with Crippen molar-refractivity contribution in [3.63, 3.8) is 0 Å². The fourth-order valence-corrected chi connectivity index (χ4v) is 8.78. The lowest BCUT2D eigenvalue weighted by Crippen LogP contribution is -2.61. The van der Waals surface area contributed by atoms with E-state index < -0.39 is 95.7 Å². The van der Waals surface area contributed by atoms with E-state index in [1.807, 2.05) is 0 Å². The summed E-state index contributed by atoms with van der Waals surface area (Å²) in [7, 11) is 0. The SMILES string of the molecule is NCCCC[C@H](NC(=O)[C@H](Cc1cnc[nH]1)NC(=O)[C@H](CCCCN)NC(=O)[C@H](Cc1ccc(O)cc1)NC(=O)[C@H](Cc1cnc[nH]1)NC(=O)[C@H](Cc1ccc(O)cc1)NC(=O)[C@@H](N)Cc1cnc[nH]1)C(=O)N[C@@H](Cc1cnc[nH]1)C(=O)O. The highest BCUT2D eigenvalue weighted by Gasteiger charge is 2.35. The molecule has 29 nitrogen and oxygen atoms in total. The number of imidazole rings is 4. The molecule has 0 unspecified atom stereocenters. The van der Waals surface area contributed by atoms with Crippen molar-refractivity contribution in [2.75, 3.05) is 13.1 Å². The molecule has 0 bridgehead atoms. The van der Waals surface area contributed by atoms with E-state index in [1.54, 1.807) is 12.1 Å². The van der Waals surface area contributed by atoms with Crippen LogP contribution >= 0.6 is 0 Å². The monoisotopic (exact) mass is 1150 g/mol. The second kappa shape index (κ2) is 32.1. The number of nitrogens with zero attached hydrogens (tertiary/aromatic N) is 4. The number of hydrogen-bond acceptors (Lipinski definition) is 17. The van der Waals surface area contributed by atoms with Gasteiger partial charge in [0.15, 0.2) is 0 Å². The Morgan fingerprint density at radius 3 is 1.01 bits per heavy atom. The Labute approximate surface area is 476 Å². The first-order chi connectivity index (χ1) is 40.0. The number of aromatic amines is 4. The number of carbonyl (C=O) groups is 8. The molecule has 0 aliphatic heterocycles. The van der Waals surface area contributed by atoms with Gasteiger partial charge in [0.2, 0.25) is 41.4 Å². The molecule has 0 saturated carbocycles. The van der Waals surface area contributed by atoms with Crippen LogP contribution in [0.5, 0.6) is 11.5 Å². The molecule has 0 spiro atoms. The fourth-order valence-electron chi connectivity index (χ4n) is 8.78. The van der Waals surface area contributed by atoms with Gasteiger partial charge in [0.25, 0.3) is 0 Å². The fraction of sp³-hybridized carbons (Fsp3) is 0.407. The minimum absolute atomic E-state index is 0.0116. The van der Waals surface area contributed by atoms with Crippen molar-refractivity contribution in [1.82, 2.24) is 77.1 Å². The van der Waals surface area contributed by atoms with Gasteiger partial charge in [0, 0.05) is 86.1 Å². The van der Waals surface area contributed by atoms with E-state index in [4.69, 9.17) is 17.2 Å². The summed E-state index contributed by atoms with van der Waals surface area (Å²) in [5.41, 5.74) is 20.6. The molecule has 444 valence electrons. The van der Waals surface area contributed by atoms with E-state index in [1.165, 1.54) is 86.5 Å². The van der Waals surface area contributed by atoms with Crippen molar-refractivity contribution in [3.8, 4) is 11.5 Å². The zero-order valence-electron chi connectivity index (χ0n) is 45.4. The summed E-state index contributed by atoms with van der Waals surface area (Å²) in [6.07, 6.45) is 12.1. The number of aromatic hydroxyl groups is 2. The normalized spacial score (nSPS) is 14.1. The number of aliphatic carboxylic acids is 1. The molecular formula is C54H72N18O11. The number of aromatic nitrogens is 8. The second-order valence-corrected chi connectivity index (χ2v) is 19.8. The number of nitrogens with two attached hydrogens (primary N) is 3. The molecule has 8 atom stereocenters. The number of H-pyrrole nitrogens is 4. The average Bonchev–Trinajstić information content (AvgIpc) is 4.46. The lowest BCUT2D eigenvalue weighted by atomic mass is 10.0. The third-order valence-corrected chi connectivity index (χ3v) is 13.3. The standard InChI is InChI=1S/C54H72N18O11/c55-15-3-1-5-40(48(76)70-44(20-34-24-59-28-63-34)52(80)67-41(6-2-4-16-56)49(77)72-46(54(82)83)22-36-26-61-30-65-36)66-50(78)43(18-32-9-13-38(74)14-10-32)69-53(81)45(21-35-25-60-29-64-35)71-51(79)42(17-31-7-11-37(73)12-8-31)68-47(75)39(57)19-33-23-58-27-62-33/h7-14,23-30,39-46,73-74H,1-6,15-22,55-57H2,(H,58,62)(H,59,63)(H,60,64)(H,61,65)(H,66,78)(H,67,80)(H,68,75)(H,69,81)(H,70,76)(H,71,79)(H,72,77)(H,82,83)/t39-,40-,41-,42-,43-,44-,45-,46-/m0/s1. The number of nitrogens with one attached hydrogen (secondary N) is 11. The maximum Gasteiger partial charge on any atom is 0.326 e. The predicted molar refractivity (Wildman–Crippen MR) is 298 cm³/mol. The van der Waals surface area contributed by atoms with Crippen molar-refractivity contribution in [2.45, 2.75) is 125 Å². The molecule has 83 heavy (non-hydrogen) atoms. The third-order valence-electron chi connectivity index (χ3n) is 13.3. The van der Waals surface area contributed by atoms with Crippen LogP contribution in [-0.4, -0.2) is 164 Å². The smallest absolute Gasteiger partial charge is 0.326 e. The zero-order valence-corrected chi connectivity index (χ0v) is 45.4. The van der Waals surface area contributed by atoms with Gasteiger partial charge < -0.3 is 89.7 Å². The van der Waals surface area contributed by atoms with E-state index in [9.17, 15) is 53.7 Å². The van der Waals surface area contributed by atoms with E-state index in [0.717, 1.165) is 0 Å². The number of carbonyl (C=O) groups excluding carboxylic acids is 7. The van der Waals surface area contributed by atoms with Gasteiger partial charge in [-0.1, -0.05) is 24.3 Å². The predicted octanol–water partition coefficient (Wildman–Crippen LogP) is -2.19. The number of carboxylic acid groups (broad SMARTS) is 1. The Bertz CT molecular complexity index is 2980. The van der Waals surface area contributed by atoms with Crippen molar-refractivity contribution >= 4 is 47.3 Å². The number of hydrogen-bond donors (Lipinski definition) is 17. The molecule has 0 radical (unpaired) electrons. The topological polar surface area (TPSA) is 474 Å². The summed E-state index contributed by atoms with van der Waals surface area (Å²) in [6, 6.07) is 0.842. The highest BCUT2D eigenvalue weighted by Crippen LogP contribution is 2.16. The van der Waals surface area contributed by atoms with Gasteiger partial charge in [-0.15, -0.1) is 0 Å². The third kappa shape index (κ3) is 20.5. The summed E-state index contributed by atoms with van der Waals surface area (Å²) in [5.74, 6) is -7.21. The lowest BCUT2D eigenvalue weighted by Gasteiger charge is -2.28. The molecule has 29 heteroatoms. The van der Waals surface area contributed by atoms with Crippen LogP contribution in [0.4, 0.5) is 0 Å². The first-order valence-electron chi connectivity index (χ1n) is 26.9. The number of phenols is 2. The average molecular weight is 1150 g/mol. The molecule has 7 amide bonds. The van der Waals surface area contributed by atoms with Crippen molar-refractivity contribution in [1.29, 1.82) is 0 Å². The molecule has 4 heterocycles. The van der Waals surface area contributed by atoms with Crippen LogP contribution in [0, 0.1) is 0 Å². The number of benzene rings is 2. The van der Waals surface area contributed by atoms with Gasteiger partial charge in [-0.25, -0.2) is 24.7 Å². The van der Waals surface area contributed by atoms with Gasteiger partial charge in [0.05, 0.1) is 31.4 Å². The van der Waals surface area contributed by atoms with Crippen LogP contribution in [0.25, 0.3) is 0 Å². The highest BCUT2D eigenvalue weighted by molar-refractivity contribution is 5.98. The summed E-state index contributed by atoms with van der Waals surface area (Å²) in [6.45, 7) is 0.498. The van der Waals surface area contributed by atoms with Gasteiger partial charge in [-0.2, -0.15) is 0 Å². The summed E-state index contributed by atoms with van der Waals surface area (Å²) in [5, 5.41) is 48.9. The quantitative estimate of drug-likeness (QED) is 0.0188. The number of phenolic OH excluding ortho intramolecular Hbond substituents is 2. The van der Waals surface area contributed by atoms with Crippen LogP contribution in [0.2, 0.25) is 0 Å². The molecule has 0 aliphatic rings. The first kappa shape index (κ1) is 62.7. The van der Waals surface area contributed by atoms with E-state index in [-0.39, 0.29) is 76.0 Å².